The maximum Gasteiger partial charge on any atom is 0.164 e. The molecule has 0 aliphatic carbocycles. The van der Waals surface area contributed by atoms with Gasteiger partial charge in [0.05, 0.1) is 12.5 Å². The van der Waals surface area contributed by atoms with E-state index in [1.54, 1.807) is 6.20 Å². The van der Waals surface area contributed by atoms with Crippen molar-refractivity contribution in [2.45, 2.75) is 26.4 Å². The Morgan fingerprint density at radius 2 is 2.29 bits per heavy atom. The largest absolute Gasteiger partial charge is 0.371 e. The van der Waals surface area contributed by atoms with Crippen LogP contribution < -0.4 is 0 Å². The predicted molar refractivity (Wildman–Crippen MR) is 54.0 cm³/mol. The molecule has 0 saturated carbocycles. The Morgan fingerprint density at radius 1 is 1.50 bits per heavy atom. The van der Waals surface area contributed by atoms with Crippen LogP contribution in [0.2, 0.25) is 0 Å². The van der Waals surface area contributed by atoms with Crippen molar-refractivity contribution in [2.24, 2.45) is 0 Å². The Hall–Kier alpha value is -1.22. The summed E-state index contributed by atoms with van der Waals surface area (Å²) >= 11 is 0. The highest BCUT2D eigenvalue weighted by atomic mass is 16.5. The summed E-state index contributed by atoms with van der Waals surface area (Å²) in [6.07, 6.45) is 2.14. The van der Waals surface area contributed by atoms with E-state index < -0.39 is 0 Å². The molecule has 0 bridgehead atoms. The molecule has 0 spiro atoms. The van der Waals surface area contributed by atoms with E-state index in [0.29, 0.717) is 6.42 Å². The zero-order valence-corrected chi connectivity index (χ0v) is 8.56. The highest BCUT2D eigenvalue weighted by Gasteiger charge is 2.05. The second-order valence-electron chi connectivity index (χ2n) is 3.40. The molecule has 14 heavy (non-hydrogen) atoms. The molecule has 0 unspecified atom stereocenters. The maximum absolute atomic E-state index is 11.4. The first-order valence-corrected chi connectivity index (χ1v) is 4.71. The minimum absolute atomic E-state index is 0.0670. The van der Waals surface area contributed by atoms with Gasteiger partial charge in [0, 0.05) is 11.9 Å². The van der Waals surface area contributed by atoms with E-state index in [2.05, 4.69) is 4.98 Å². The maximum atomic E-state index is 11.4. The lowest BCUT2D eigenvalue weighted by Gasteiger charge is -2.05. The number of carbonyl (C=O) groups excluding carboxylic acids is 1. The van der Waals surface area contributed by atoms with E-state index in [1.807, 2.05) is 32.0 Å². The second kappa shape index (κ2) is 5.50. The normalized spacial score (nSPS) is 10.5. The van der Waals surface area contributed by atoms with Crippen LogP contribution in [0, 0.1) is 0 Å². The van der Waals surface area contributed by atoms with Gasteiger partial charge in [0.1, 0.15) is 6.61 Å². The van der Waals surface area contributed by atoms with E-state index in [-0.39, 0.29) is 18.5 Å². The van der Waals surface area contributed by atoms with Crippen LogP contribution in [0.5, 0.6) is 0 Å². The molecule has 1 aromatic rings. The van der Waals surface area contributed by atoms with Crippen LogP contribution in [0.15, 0.2) is 24.4 Å². The fourth-order valence-electron chi connectivity index (χ4n) is 1.02. The van der Waals surface area contributed by atoms with Crippen LogP contribution in [-0.4, -0.2) is 23.5 Å². The highest BCUT2D eigenvalue weighted by molar-refractivity contribution is 5.81. The SMILES string of the molecule is CC(C)OCC(=O)Cc1ccccn1. The molecule has 1 heterocycles. The summed E-state index contributed by atoms with van der Waals surface area (Å²) in [5.41, 5.74) is 0.796. The Balaban J connectivity index is 2.35. The topological polar surface area (TPSA) is 39.2 Å². The predicted octanol–water partition coefficient (Wildman–Crippen LogP) is 1.62. The summed E-state index contributed by atoms with van der Waals surface area (Å²) in [6, 6.07) is 5.55. The molecule has 0 aliphatic rings. The van der Waals surface area contributed by atoms with Crippen molar-refractivity contribution >= 4 is 5.78 Å². The molecular formula is C11H15NO2. The average Bonchev–Trinajstić information content (AvgIpc) is 2.16. The van der Waals surface area contributed by atoms with Crippen molar-refractivity contribution in [3.8, 4) is 0 Å². The van der Waals surface area contributed by atoms with Gasteiger partial charge in [-0.3, -0.25) is 9.78 Å². The molecule has 76 valence electrons. The number of carbonyl (C=O) groups is 1. The number of ether oxygens (including phenoxy) is 1. The molecule has 0 radical (unpaired) electrons. The lowest BCUT2D eigenvalue weighted by Crippen LogP contribution is -2.15. The van der Waals surface area contributed by atoms with Crippen molar-refractivity contribution < 1.29 is 9.53 Å². The molecule has 0 saturated heterocycles. The van der Waals surface area contributed by atoms with E-state index in [9.17, 15) is 4.79 Å². The molecule has 3 heteroatoms. The van der Waals surface area contributed by atoms with Gasteiger partial charge >= 0.3 is 0 Å². The number of ketones is 1. The van der Waals surface area contributed by atoms with Gasteiger partial charge < -0.3 is 4.74 Å². The van der Waals surface area contributed by atoms with E-state index in [4.69, 9.17) is 4.74 Å². The minimum atomic E-state index is 0.0670. The van der Waals surface area contributed by atoms with Crippen molar-refractivity contribution in [3.63, 3.8) is 0 Å². The van der Waals surface area contributed by atoms with E-state index in [0.717, 1.165) is 5.69 Å². The van der Waals surface area contributed by atoms with Gasteiger partial charge in [-0.05, 0) is 26.0 Å². The molecule has 0 aromatic carbocycles. The van der Waals surface area contributed by atoms with Gasteiger partial charge in [-0.25, -0.2) is 0 Å². The van der Waals surface area contributed by atoms with Gasteiger partial charge in [0.2, 0.25) is 0 Å². The molecular weight excluding hydrogens is 178 g/mol. The number of hydrogen-bond acceptors (Lipinski definition) is 3. The highest BCUT2D eigenvalue weighted by Crippen LogP contribution is 1.97. The fourth-order valence-corrected chi connectivity index (χ4v) is 1.02. The summed E-state index contributed by atoms with van der Waals surface area (Å²) in [4.78, 5) is 15.4. The Bertz CT molecular complexity index is 283. The molecule has 0 amide bonds. The fraction of sp³-hybridized carbons (Fsp3) is 0.455. The quantitative estimate of drug-likeness (QED) is 0.713. The molecule has 0 fully saturated rings. The smallest absolute Gasteiger partial charge is 0.164 e. The van der Waals surface area contributed by atoms with E-state index >= 15 is 0 Å². The Labute approximate surface area is 84.1 Å². The van der Waals surface area contributed by atoms with Gasteiger partial charge in [0.25, 0.3) is 0 Å². The van der Waals surface area contributed by atoms with Gasteiger partial charge in [0.15, 0.2) is 5.78 Å². The van der Waals surface area contributed by atoms with Gasteiger partial charge in [-0.15, -0.1) is 0 Å². The van der Waals surface area contributed by atoms with Crippen LogP contribution >= 0.6 is 0 Å². The van der Waals surface area contributed by atoms with Gasteiger partial charge in [-0.2, -0.15) is 0 Å². The number of hydrogen-bond donors (Lipinski definition) is 0. The van der Waals surface area contributed by atoms with E-state index in [1.165, 1.54) is 0 Å². The summed E-state index contributed by atoms with van der Waals surface area (Å²) in [7, 11) is 0. The third kappa shape index (κ3) is 4.14. The van der Waals surface area contributed by atoms with Crippen LogP contribution in [0.4, 0.5) is 0 Å². The van der Waals surface area contributed by atoms with Gasteiger partial charge in [-0.1, -0.05) is 6.07 Å². The number of nitrogens with zero attached hydrogens (tertiary/aromatic N) is 1. The Kier molecular flexibility index (Phi) is 4.26. The number of aromatic nitrogens is 1. The lowest BCUT2D eigenvalue weighted by molar-refractivity contribution is -0.124. The third-order valence-corrected chi connectivity index (χ3v) is 1.68. The lowest BCUT2D eigenvalue weighted by atomic mass is 10.2. The van der Waals surface area contributed by atoms with Crippen LogP contribution in [0.25, 0.3) is 0 Å². The monoisotopic (exact) mass is 193 g/mol. The minimum Gasteiger partial charge on any atom is -0.371 e. The molecule has 0 N–H and O–H groups in total. The number of pyridine rings is 1. The molecule has 1 rings (SSSR count). The first-order chi connectivity index (χ1) is 6.68. The van der Waals surface area contributed by atoms with Crippen molar-refractivity contribution in [2.75, 3.05) is 6.61 Å². The molecule has 3 nitrogen and oxygen atoms in total. The number of Topliss-reactive ketones (excluding diaryl/α,β-unsaturated/α-hetero) is 1. The molecule has 0 aliphatic heterocycles. The Morgan fingerprint density at radius 3 is 2.86 bits per heavy atom. The van der Waals surface area contributed by atoms with Crippen LogP contribution in [-0.2, 0) is 16.0 Å². The summed E-state index contributed by atoms with van der Waals surface area (Å²) in [6.45, 7) is 4.00. The second-order valence-corrected chi connectivity index (χ2v) is 3.40. The van der Waals surface area contributed by atoms with Crippen LogP contribution in [0.3, 0.4) is 0 Å². The summed E-state index contributed by atoms with van der Waals surface area (Å²) in [5, 5.41) is 0. The molecule has 0 atom stereocenters. The summed E-state index contributed by atoms with van der Waals surface area (Å²) in [5.74, 6) is 0.0670. The van der Waals surface area contributed by atoms with Crippen molar-refractivity contribution in [3.05, 3.63) is 30.1 Å². The zero-order valence-electron chi connectivity index (χ0n) is 8.56. The first kappa shape index (κ1) is 10.9. The molecule has 1 aromatic heterocycles. The standard InChI is InChI=1S/C11H15NO2/c1-9(2)14-8-11(13)7-10-5-3-4-6-12-10/h3-6,9H,7-8H2,1-2H3. The van der Waals surface area contributed by atoms with Crippen molar-refractivity contribution in [1.82, 2.24) is 4.98 Å². The van der Waals surface area contributed by atoms with Crippen molar-refractivity contribution in [1.29, 1.82) is 0 Å². The third-order valence-electron chi connectivity index (χ3n) is 1.68. The number of rotatable bonds is 5. The average molecular weight is 193 g/mol. The summed E-state index contributed by atoms with van der Waals surface area (Å²) < 4.78 is 5.20. The zero-order chi connectivity index (χ0) is 10.4. The first-order valence-electron chi connectivity index (χ1n) is 4.71. The van der Waals surface area contributed by atoms with Crippen LogP contribution in [0.1, 0.15) is 19.5 Å².